The molecule has 2 aromatic rings. The summed E-state index contributed by atoms with van der Waals surface area (Å²) in [5.74, 6) is -1.41. The lowest BCUT2D eigenvalue weighted by molar-refractivity contribution is -0.385. The minimum absolute atomic E-state index is 0.173. The Balaban J connectivity index is 2.04. The first-order valence-electron chi connectivity index (χ1n) is 8.02. The Bertz CT molecular complexity index is 900. The zero-order valence-electron chi connectivity index (χ0n) is 14.7. The smallest absolute Gasteiger partial charge is 0.336 e. The number of hydrogen-bond donors (Lipinski definition) is 1. The first kappa shape index (κ1) is 20.9. The van der Waals surface area contributed by atoms with Crippen molar-refractivity contribution in [2.45, 2.75) is 12.6 Å². The first-order valence-corrected chi connectivity index (χ1v) is 8.02. The van der Waals surface area contributed by atoms with E-state index in [2.05, 4.69) is 5.32 Å². The molecule has 0 aliphatic carbocycles. The van der Waals surface area contributed by atoms with Crippen LogP contribution in [0.3, 0.4) is 0 Å². The Morgan fingerprint density at radius 3 is 2.36 bits per heavy atom. The lowest BCUT2D eigenvalue weighted by Gasteiger charge is -2.18. The van der Waals surface area contributed by atoms with Crippen LogP contribution in [0, 0.1) is 10.1 Å². The zero-order chi connectivity index (χ0) is 20.9. The molecule has 0 bridgehead atoms. The van der Waals surface area contributed by atoms with Crippen LogP contribution < -0.4 is 5.32 Å². The molecule has 1 N–H and O–H groups in total. The molecule has 0 heterocycles. The molecule has 0 unspecified atom stereocenters. The van der Waals surface area contributed by atoms with Crippen molar-refractivity contribution in [1.29, 1.82) is 0 Å². The van der Waals surface area contributed by atoms with Crippen LogP contribution >= 0.6 is 0 Å². The van der Waals surface area contributed by atoms with Crippen molar-refractivity contribution in [2.24, 2.45) is 0 Å². The normalized spacial score (nSPS) is 11.0. The Labute approximate surface area is 157 Å². The summed E-state index contributed by atoms with van der Waals surface area (Å²) in [5, 5.41) is 13.1. The molecule has 0 spiro atoms. The van der Waals surface area contributed by atoms with Crippen molar-refractivity contribution in [2.75, 3.05) is 18.9 Å². The first-order chi connectivity index (χ1) is 13.1. The van der Waals surface area contributed by atoms with Gasteiger partial charge in [-0.2, -0.15) is 13.2 Å². The van der Waals surface area contributed by atoms with Crippen LogP contribution in [0.25, 0.3) is 0 Å². The van der Waals surface area contributed by atoms with E-state index in [1.165, 1.54) is 43.4 Å². The summed E-state index contributed by atoms with van der Waals surface area (Å²) in [6, 6.07) is 10.1. The van der Waals surface area contributed by atoms with Gasteiger partial charge in [0.05, 0.1) is 29.1 Å². The summed E-state index contributed by atoms with van der Waals surface area (Å²) in [7, 11) is 1.28. The van der Waals surface area contributed by atoms with Crippen molar-refractivity contribution < 1.29 is 27.7 Å². The molecule has 0 aliphatic rings. The van der Waals surface area contributed by atoms with Gasteiger partial charge in [-0.3, -0.25) is 19.7 Å². The second-order valence-electron chi connectivity index (χ2n) is 5.90. The Hall–Kier alpha value is -3.43. The molecule has 0 radical (unpaired) electrons. The summed E-state index contributed by atoms with van der Waals surface area (Å²) in [6.45, 7) is -0.508. The number of nitro groups is 1. The van der Waals surface area contributed by atoms with Crippen LogP contribution in [0.2, 0.25) is 0 Å². The van der Waals surface area contributed by atoms with E-state index in [1.54, 1.807) is 0 Å². The molecule has 0 saturated heterocycles. The topological polar surface area (TPSA) is 92.6 Å². The number of rotatable bonds is 6. The molecular formula is C18H16F3N3O4. The van der Waals surface area contributed by atoms with Gasteiger partial charge in [0.25, 0.3) is 5.69 Å². The summed E-state index contributed by atoms with van der Waals surface area (Å²) in [5.41, 5.74) is -1.48. The fourth-order valence-electron chi connectivity index (χ4n) is 2.47. The quantitative estimate of drug-likeness (QED) is 0.600. The molecule has 0 aliphatic heterocycles. The van der Waals surface area contributed by atoms with Crippen LogP contribution in [-0.2, 0) is 22.2 Å². The second kappa shape index (κ2) is 8.51. The molecule has 0 atom stereocenters. The van der Waals surface area contributed by atoms with Gasteiger partial charge in [-0.1, -0.05) is 30.3 Å². The van der Waals surface area contributed by atoms with Gasteiger partial charge in [0.2, 0.25) is 11.8 Å². The fourth-order valence-corrected chi connectivity index (χ4v) is 2.47. The molecule has 148 valence electrons. The van der Waals surface area contributed by atoms with Crippen LogP contribution in [0.4, 0.5) is 24.5 Å². The molecule has 0 saturated carbocycles. The molecule has 10 heteroatoms. The number of anilines is 1. The minimum Gasteiger partial charge on any atom is -0.336 e. The summed E-state index contributed by atoms with van der Waals surface area (Å²) in [4.78, 5) is 35.7. The molecule has 2 rings (SSSR count). The van der Waals surface area contributed by atoms with Crippen LogP contribution in [0.5, 0.6) is 0 Å². The number of hydrogen-bond acceptors (Lipinski definition) is 4. The zero-order valence-corrected chi connectivity index (χ0v) is 14.7. The number of alkyl halides is 3. The van der Waals surface area contributed by atoms with Gasteiger partial charge >= 0.3 is 6.18 Å². The van der Waals surface area contributed by atoms with Crippen molar-refractivity contribution in [3.05, 3.63) is 69.8 Å². The number of para-hydroxylation sites is 2. The van der Waals surface area contributed by atoms with Crippen LogP contribution in [0.15, 0.2) is 48.5 Å². The van der Waals surface area contributed by atoms with Crippen molar-refractivity contribution in [3.63, 3.8) is 0 Å². The number of likely N-dealkylation sites (N-methyl/N-ethyl adjacent to an activating group) is 1. The standard InChI is InChI=1S/C18H16F3N3O4/c1-23(17(26)10-12-6-2-5-9-15(12)24(27)28)11-16(25)22-14-8-4-3-7-13(14)18(19,20)21/h2-9H,10-11H2,1H3,(H,22,25). The molecule has 28 heavy (non-hydrogen) atoms. The van der Waals surface area contributed by atoms with Crippen molar-refractivity contribution >= 4 is 23.2 Å². The number of nitrogens with one attached hydrogen (secondary N) is 1. The van der Waals surface area contributed by atoms with E-state index in [0.717, 1.165) is 17.0 Å². The lowest BCUT2D eigenvalue weighted by Crippen LogP contribution is -2.36. The predicted molar refractivity (Wildman–Crippen MR) is 94.5 cm³/mol. The van der Waals surface area contributed by atoms with Crippen LogP contribution in [-0.4, -0.2) is 35.2 Å². The fraction of sp³-hybridized carbons (Fsp3) is 0.222. The minimum atomic E-state index is -4.64. The highest BCUT2D eigenvalue weighted by molar-refractivity contribution is 5.95. The maximum absolute atomic E-state index is 13.0. The van der Waals surface area contributed by atoms with Gasteiger partial charge < -0.3 is 10.2 Å². The Morgan fingerprint density at radius 1 is 1.11 bits per heavy atom. The summed E-state index contributed by atoms with van der Waals surface area (Å²) in [6.07, 6.45) is -4.96. The summed E-state index contributed by atoms with van der Waals surface area (Å²) < 4.78 is 38.9. The summed E-state index contributed by atoms with van der Waals surface area (Å²) >= 11 is 0. The number of carbonyl (C=O) groups is 2. The highest BCUT2D eigenvalue weighted by atomic mass is 19.4. The van der Waals surface area contributed by atoms with Gasteiger partial charge in [0, 0.05) is 18.7 Å². The van der Waals surface area contributed by atoms with E-state index in [-0.39, 0.29) is 17.7 Å². The third-order valence-corrected chi connectivity index (χ3v) is 3.84. The van der Waals surface area contributed by atoms with Gasteiger partial charge in [-0.15, -0.1) is 0 Å². The molecule has 0 aromatic heterocycles. The monoisotopic (exact) mass is 395 g/mol. The van der Waals surface area contributed by atoms with E-state index in [4.69, 9.17) is 0 Å². The van der Waals surface area contributed by atoms with E-state index >= 15 is 0 Å². The number of amides is 2. The molecule has 2 aromatic carbocycles. The number of halogens is 3. The van der Waals surface area contributed by atoms with Gasteiger partial charge in [-0.25, -0.2) is 0 Å². The predicted octanol–water partition coefficient (Wildman–Crippen LogP) is 3.25. The number of nitrogens with zero attached hydrogens (tertiary/aromatic N) is 2. The average Bonchev–Trinajstić information content (AvgIpc) is 2.61. The number of benzene rings is 2. The highest BCUT2D eigenvalue weighted by Crippen LogP contribution is 2.34. The van der Waals surface area contributed by atoms with E-state index in [9.17, 15) is 32.9 Å². The Kier molecular flexibility index (Phi) is 6.34. The lowest BCUT2D eigenvalue weighted by atomic mass is 10.1. The van der Waals surface area contributed by atoms with E-state index in [0.29, 0.717) is 0 Å². The molecule has 0 fully saturated rings. The SMILES string of the molecule is CN(CC(=O)Nc1ccccc1C(F)(F)F)C(=O)Cc1ccccc1[N+](=O)[O-]. The van der Waals surface area contributed by atoms with E-state index in [1.807, 2.05) is 0 Å². The van der Waals surface area contributed by atoms with Crippen molar-refractivity contribution in [3.8, 4) is 0 Å². The molecular weight excluding hydrogens is 379 g/mol. The van der Waals surface area contributed by atoms with Gasteiger partial charge in [-0.05, 0) is 12.1 Å². The maximum Gasteiger partial charge on any atom is 0.418 e. The molecule has 7 nitrogen and oxygen atoms in total. The van der Waals surface area contributed by atoms with Crippen molar-refractivity contribution in [1.82, 2.24) is 4.90 Å². The van der Waals surface area contributed by atoms with Gasteiger partial charge in [0.15, 0.2) is 0 Å². The van der Waals surface area contributed by atoms with Crippen LogP contribution in [0.1, 0.15) is 11.1 Å². The molecule has 2 amide bonds. The number of nitro benzene ring substituents is 1. The average molecular weight is 395 g/mol. The third-order valence-electron chi connectivity index (χ3n) is 3.84. The van der Waals surface area contributed by atoms with E-state index < -0.39 is 40.7 Å². The third kappa shape index (κ3) is 5.29. The maximum atomic E-state index is 13.0. The van der Waals surface area contributed by atoms with Gasteiger partial charge in [0.1, 0.15) is 0 Å². The highest BCUT2D eigenvalue weighted by Gasteiger charge is 2.33. The second-order valence-corrected chi connectivity index (χ2v) is 5.90. The Morgan fingerprint density at radius 2 is 1.71 bits per heavy atom. The number of carbonyl (C=O) groups excluding carboxylic acids is 2. The largest absolute Gasteiger partial charge is 0.418 e.